The van der Waals surface area contributed by atoms with Crippen molar-refractivity contribution in [2.45, 2.75) is 46.7 Å². The minimum Gasteiger partial charge on any atom is -0.357 e. The van der Waals surface area contributed by atoms with Gasteiger partial charge in [0.05, 0.1) is 6.54 Å². The minimum atomic E-state index is 0.456. The van der Waals surface area contributed by atoms with Crippen molar-refractivity contribution in [3.05, 3.63) is 21.9 Å². The Bertz CT molecular complexity index is 357. The van der Waals surface area contributed by atoms with Crippen LogP contribution in [0.2, 0.25) is 0 Å². The number of aliphatic imine (C=N–C) groups is 1. The van der Waals surface area contributed by atoms with Crippen molar-refractivity contribution in [3.63, 3.8) is 0 Å². The molecule has 0 aliphatic rings. The molecule has 1 aromatic rings. The van der Waals surface area contributed by atoms with E-state index in [1.807, 2.05) is 11.3 Å². The maximum atomic E-state index is 4.59. The molecule has 0 radical (unpaired) electrons. The van der Waals surface area contributed by atoms with Crippen molar-refractivity contribution in [1.82, 2.24) is 10.6 Å². The normalized spacial score (nSPS) is 13.5. The van der Waals surface area contributed by atoms with Crippen LogP contribution < -0.4 is 10.6 Å². The fourth-order valence-electron chi connectivity index (χ4n) is 1.38. The number of aryl methyl sites for hydroxylation is 1. The zero-order valence-corrected chi connectivity index (χ0v) is 12.0. The summed E-state index contributed by atoms with van der Waals surface area (Å²) in [7, 11) is 0. The number of thiophene rings is 1. The highest BCUT2D eigenvalue weighted by atomic mass is 32.1. The summed E-state index contributed by atoms with van der Waals surface area (Å²) < 4.78 is 0. The van der Waals surface area contributed by atoms with Gasteiger partial charge in [-0.25, -0.2) is 4.99 Å². The van der Waals surface area contributed by atoms with Crippen LogP contribution in [0.25, 0.3) is 0 Å². The first-order valence-electron chi connectivity index (χ1n) is 6.25. The van der Waals surface area contributed by atoms with Gasteiger partial charge in [0.1, 0.15) is 0 Å². The van der Waals surface area contributed by atoms with Gasteiger partial charge in [0.2, 0.25) is 0 Å². The van der Waals surface area contributed by atoms with E-state index in [0.29, 0.717) is 6.04 Å². The topological polar surface area (TPSA) is 36.4 Å². The average molecular weight is 253 g/mol. The quantitative estimate of drug-likeness (QED) is 0.625. The van der Waals surface area contributed by atoms with E-state index >= 15 is 0 Å². The summed E-state index contributed by atoms with van der Waals surface area (Å²) in [4.78, 5) is 7.24. The highest BCUT2D eigenvalue weighted by molar-refractivity contribution is 7.11. The zero-order valence-electron chi connectivity index (χ0n) is 11.2. The van der Waals surface area contributed by atoms with Crippen LogP contribution in [0.1, 0.15) is 36.9 Å². The summed E-state index contributed by atoms with van der Waals surface area (Å²) in [5, 5.41) is 6.66. The fourth-order valence-corrected chi connectivity index (χ4v) is 2.20. The second-order valence-corrected chi connectivity index (χ2v) is 5.53. The molecule has 0 aliphatic carbocycles. The number of guanidine groups is 1. The van der Waals surface area contributed by atoms with E-state index in [0.717, 1.165) is 25.5 Å². The summed E-state index contributed by atoms with van der Waals surface area (Å²) in [6.07, 6.45) is 1.10. The molecule has 1 rings (SSSR count). The van der Waals surface area contributed by atoms with Crippen molar-refractivity contribution >= 4 is 17.3 Å². The molecule has 1 heterocycles. The van der Waals surface area contributed by atoms with E-state index < -0.39 is 0 Å². The summed E-state index contributed by atoms with van der Waals surface area (Å²) in [5.74, 6) is 0.910. The van der Waals surface area contributed by atoms with E-state index in [-0.39, 0.29) is 0 Å². The van der Waals surface area contributed by atoms with Crippen LogP contribution in [0.5, 0.6) is 0 Å². The molecule has 0 saturated carbocycles. The first-order chi connectivity index (χ1) is 8.15. The molecule has 0 fully saturated rings. The monoisotopic (exact) mass is 253 g/mol. The van der Waals surface area contributed by atoms with Crippen molar-refractivity contribution in [1.29, 1.82) is 0 Å². The van der Waals surface area contributed by atoms with E-state index in [9.17, 15) is 0 Å². The number of hydrogen-bond donors (Lipinski definition) is 2. The van der Waals surface area contributed by atoms with E-state index in [1.54, 1.807) is 0 Å². The standard InChI is InChI=1S/C13H23N3S/c1-5-10(3)16-13(14-6-2)15-9-12-8-7-11(4)17-12/h7-8,10H,5-6,9H2,1-4H3,(H2,14,15,16). The van der Waals surface area contributed by atoms with Crippen molar-refractivity contribution in [2.24, 2.45) is 4.99 Å². The summed E-state index contributed by atoms with van der Waals surface area (Å²) in [5.41, 5.74) is 0. The Morgan fingerprint density at radius 2 is 2.18 bits per heavy atom. The Kier molecular flexibility index (Phi) is 6.05. The molecule has 0 bridgehead atoms. The Morgan fingerprint density at radius 3 is 2.71 bits per heavy atom. The predicted molar refractivity (Wildman–Crippen MR) is 76.8 cm³/mol. The Hall–Kier alpha value is -1.03. The minimum absolute atomic E-state index is 0.456. The van der Waals surface area contributed by atoms with Crippen LogP contribution in [0.4, 0.5) is 0 Å². The number of rotatable bonds is 5. The average Bonchev–Trinajstić information content (AvgIpc) is 2.72. The van der Waals surface area contributed by atoms with Crippen LogP contribution in [0.3, 0.4) is 0 Å². The third kappa shape index (κ3) is 5.22. The molecule has 0 aromatic carbocycles. The van der Waals surface area contributed by atoms with Crippen LogP contribution in [0.15, 0.2) is 17.1 Å². The van der Waals surface area contributed by atoms with Gasteiger partial charge in [-0.3, -0.25) is 0 Å². The highest BCUT2D eigenvalue weighted by Crippen LogP contribution is 2.15. The second kappa shape index (κ2) is 7.33. The lowest BCUT2D eigenvalue weighted by Gasteiger charge is -2.15. The molecule has 1 atom stereocenters. The Balaban J connectivity index is 2.56. The molecule has 4 heteroatoms. The van der Waals surface area contributed by atoms with Crippen molar-refractivity contribution in [3.8, 4) is 0 Å². The van der Waals surface area contributed by atoms with Crippen molar-refractivity contribution in [2.75, 3.05) is 6.54 Å². The summed E-state index contributed by atoms with van der Waals surface area (Å²) in [6, 6.07) is 4.75. The van der Waals surface area contributed by atoms with Gasteiger partial charge < -0.3 is 10.6 Å². The molecule has 0 spiro atoms. The highest BCUT2D eigenvalue weighted by Gasteiger charge is 2.02. The van der Waals surface area contributed by atoms with Crippen LogP contribution >= 0.6 is 11.3 Å². The zero-order chi connectivity index (χ0) is 12.7. The van der Waals surface area contributed by atoms with Gasteiger partial charge in [0.25, 0.3) is 0 Å². The van der Waals surface area contributed by atoms with Gasteiger partial charge in [-0.2, -0.15) is 0 Å². The predicted octanol–water partition coefficient (Wildman–Crippen LogP) is 2.91. The Morgan fingerprint density at radius 1 is 1.41 bits per heavy atom. The molecule has 1 aromatic heterocycles. The smallest absolute Gasteiger partial charge is 0.191 e. The molecule has 2 N–H and O–H groups in total. The number of nitrogens with zero attached hydrogens (tertiary/aromatic N) is 1. The van der Waals surface area contributed by atoms with E-state index in [2.05, 4.69) is 55.5 Å². The van der Waals surface area contributed by atoms with Gasteiger partial charge in [0.15, 0.2) is 5.96 Å². The van der Waals surface area contributed by atoms with Gasteiger partial charge >= 0.3 is 0 Å². The third-order valence-electron chi connectivity index (χ3n) is 2.53. The molecule has 1 unspecified atom stereocenters. The lowest BCUT2D eigenvalue weighted by Crippen LogP contribution is -2.41. The SMILES string of the molecule is CCNC(=NCc1ccc(C)s1)NC(C)CC. The van der Waals surface area contributed by atoms with Crippen LogP contribution in [-0.2, 0) is 6.54 Å². The first-order valence-corrected chi connectivity index (χ1v) is 7.07. The summed E-state index contributed by atoms with van der Waals surface area (Å²) in [6.45, 7) is 10.2. The summed E-state index contributed by atoms with van der Waals surface area (Å²) >= 11 is 1.81. The lowest BCUT2D eigenvalue weighted by atomic mass is 10.3. The molecule has 96 valence electrons. The van der Waals surface area contributed by atoms with Gasteiger partial charge in [-0.1, -0.05) is 6.92 Å². The van der Waals surface area contributed by atoms with E-state index in [1.165, 1.54) is 9.75 Å². The third-order valence-corrected chi connectivity index (χ3v) is 3.51. The fraction of sp³-hybridized carbons (Fsp3) is 0.615. The molecular weight excluding hydrogens is 230 g/mol. The van der Waals surface area contributed by atoms with Crippen LogP contribution in [0, 0.1) is 6.92 Å². The Labute approximate surface area is 108 Å². The molecule has 17 heavy (non-hydrogen) atoms. The van der Waals surface area contributed by atoms with Gasteiger partial charge in [-0.15, -0.1) is 11.3 Å². The number of hydrogen-bond acceptors (Lipinski definition) is 2. The maximum Gasteiger partial charge on any atom is 0.191 e. The van der Waals surface area contributed by atoms with Crippen LogP contribution in [-0.4, -0.2) is 18.5 Å². The molecule has 0 aliphatic heterocycles. The molecular formula is C13H23N3S. The largest absolute Gasteiger partial charge is 0.357 e. The first kappa shape index (κ1) is 14.0. The molecule has 0 amide bonds. The van der Waals surface area contributed by atoms with E-state index in [4.69, 9.17) is 0 Å². The van der Waals surface area contributed by atoms with Gasteiger partial charge in [0, 0.05) is 22.3 Å². The van der Waals surface area contributed by atoms with Crippen molar-refractivity contribution < 1.29 is 0 Å². The number of nitrogens with one attached hydrogen (secondary N) is 2. The lowest BCUT2D eigenvalue weighted by molar-refractivity contribution is 0.624. The molecule has 0 saturated heterocycles. The molecule has 3 nitrogen and oxygen atoms in total. The van der Waals surface area contributed by atoms with Gasteiger partial charge in [-0.05, 0) is 39.3 Å². The second-order valence-electron chi connectivity index (χ2n) is 4.16. The maximum absolute atomic E-state index is 4.59.